The molecule has 0 aliphatic carbocycles. The molecule has 0 saturated heterocycles. The summed E-state index contributed by atoms with van der Waals surface area (Å²) < 4.78 is 33.3. The second kappa shape index (κ2) is 25.0. The number of unbranched alkanes of at least 4 members (excludes halogenated alkanes) is 15. The summed E-state index contributed by atoms with van der Waals surface area (Å²) in [7, 11) is 0.904. The van der Waals surface area contributed by atoms with Crippen LogP contribution in [0.25, 0.3) is 0 Å². The Kier molecular flexibility index (Phi) is 24.9. The normalized spacial score (nSPS) is 14.6. The van der Waals surface area contributed by atoms with Crippen LogP contribution in [-0.4, -0.2) is 83.0 Å². The predicted octanol–water partition coefficient (Wildman–Crippen LogP) is 5.85. The number of phosphoric ester groups is 1. The molecule has 0 spiro atoms. The summed E-state index contributed by atoms with van der Waals surface area (Å²) >= 11 is 0. The van der Waals surface area contributed by atoms with E-state index in [0.717, 1.165) is 12.8 Å². The zero-order valence-electron chi connectivity index (χ0n) is 24.6. The molecular weight excluding hydrogens is 493 g/mol. The topological polar surface area (TPSA) is 97.3 Å². The molecule has 2 atom stereocenters. The minimum absolute atomic E-state index is 0.00117. The summed E-state index contributed by atoms with van der Waals surface area (Å²) in [5.74, 6) is 0. The summed E-state index contributed by atoms with van der Waals surface area (Å²) in [6.07, 6.45) is 20.9. The molecule has 0 rings (SSSR count). The van der Waals surface area contributed by atoms with Crippen LogP contribution in [0.5, 0.6) is 0 Å². The van der Waals surface area contributed by atoms with E-state index in [1.165, 1.54) is 97.0 Å². The highest BCUT2D eigenvalue weighted by Crippen LogP contribution is 2.38. The van der Waals surface area contributed by atoms with Crippen molar-refractivity contribution in [2.24, 2.45) is 0 Å². The van der Waals surface area contributed by atoms with Gasteiger partial charge in [-0.05, 0) is 6.42 Å². The number of nitrogens with zero attached hydrogens (tertiary/aromatic N) is 1. The largest absolute Gasteiger partial charge is 0.756 e. The summed E-state index contributed by atoms with van der Waals surface area (Å²) in [5, 5.41) is 9.03. The first-order chi connectivity index (χ1) is 17.8. The van der Waals surface area contributed by atoms with Crippen LogP contribution in [-0.2, 0) is 23.1 Å². The van der Waals surface area contributed by atoms with Crippen LogP contribution in [0.2, 0.25) is 0 Å². The first kappa shape index (κ1) is 37.0. The van der Waals surface area contributed by atoms with Crippen molar-refractivity contribution in [3.63, 3.8) is 0 Å². The average Bonchev–Trinajstić information content (AvgIpc) is 2.84. The van der Waals surface area contributed by atoms with Crippen LogP contribution in [0.15, 0.2) is 0 Å². The molecule has 0 aliphatic rings. The van der Waals surface area contributed by atoms with Crippen molar-refractivity contribution in [1.82, 2.24) is 0 Å². The van der Waals surface area contributed by atoms with Crippen molar-refractivity contribution in [1.29, 1.82) is 0 Å². The number of phosphoric acid groups is 1. The monoisotopic (exact) mass is 553 g/mol. The number of hydrogen-bond donors (Lipinski definition) is 1. The maximum absolute atomic E-state index is 12.0. The second-order valence-corrected chi connectivity index (χ2v) is 12.3. The molecule has 9 heteroatoms. The quantitative estimate of drug-likeness (QED) is 0.0705. The molecule has 0 aromatic rings. The summed E-state index contributed by atoms with van der Waals surface area (Å²) in [6.45, 7) is 4.08. The molecule has 1 N–H and O–H groups in total. The van der Waals surface area contributed by atoms with Crippen LogP contribution in [0.4, 0.5) is 0 Å². The van der Waals surface area contributed by atoms with Gasteiger partial charge in [0.25, 0.3) is 7.82 Å². The molecule has 0 aliphatic heterocycles. The van der Waals surface area contributed by atoms with Gasteiger partial charge in [0.1, 0.15) is 25.8 Å². The Balaban J connectivity index is 3.57. The fourth-order valence-electron chi connectivity index (χ4n) is 4.15. The highest BCUT2D eigenvalue weighted by atomic mass is 31.2. The van der Waals surface area contributed by atoms with Gasteiger partial charge in [0.05, 0.1) is 33.9 Å². The molecule has 0 radical (unpaired) electrons. The molecule has 224 valence electrons. The Morgan fingerprint density at radius 3 is 1.68 bits per heavy atom. The fraction of sp³-hybridized carbons (Fsp3) is 1.00. The van der Waals surface area contributed by atoms with Gasteiger partial charge in [-0.25, -0.2) is 0 Å². The average molecular weight is 554 g/mol. The van der Waals surface area contributed by atoms with Crippen molar-refractivity contribution in [3.8, 4) is 0 Å². The minimum atomic E-state index is -4.40. The Morgan fingerprint density at radius 2 is 1.22 bits per heavy atom. The summed E-state index contributed by atoms with van der Waals surface area (Å²) in [6, 6.07) is 0. The highest BCUT2D eigenvalue weighted by Gasteiger charge is 2.18. The van der Waals surface area contributed by atoms with Crippen molar-refractivity contribution in [2.75, 3.05) is 67.3 Å². The van der Waals surface area contributed by atoms with E-state index in [0.29, 0.717) is 24.2 Å². The number of aliphatic hydroxyl groups excluding tert-OH is 1. The van der Waals surface area contributed by atoms with Crippen molar-refractivity contribution in [2.45, 2.75) is 116 Å². The van der Waals surface area contributed by atoms with Gasteiger partial charge in [-0.3, -0.25) is 4.57 Å². The maximum atomic E-state index is 12.0. The van der Waals surface area contributed by atoms with Crippen molar-refractivity contribution >= 4 is 7.82 Å². The Bertz CT molecular complexity index is 537. The van der Waals surface area contributed by atoms with E-state index in [1.807, 2.05) is 14.1 Å². The van der Waals surface area contributed by atoms with E-state index in [-0.39, 0.29) is 26.4 Å². The number of rotatable bonds is 29. The first-order valence-electron chi connectivity index (χ1n) is 14.9. The molecular formula is C28H60NO7P. The third-order valence-electron chi connectivity index (χ3n) is 6.85. The van der Waals surface area contributed by atoms with Crippen LogP contribution in [0, 0.1) is 0 Å². The molecule has 8 nitrogen and oxygen atoms in total. The second-order valence-electron chi connectivity index (χ2n) is 10.9. The molecule has 0 aromatic carbocycles. The Hall–Kier alpha value is -0.0500. The Labute approximate surface area is 228 Å². The van der Waals surface area contributed by atoms with Crippen molar-refractivity contribution < 1.29 is 37.6 Å². The molecule has 0 amide bonds. The van der Waals surface area contributed by atoms with E-state index < -0.39 is 13.9 Å². The van der Waals surface area contributed by atoms with Gasteiger partial charge in [0.2, 0.25) is 0 Å². The standard InChI is InChI=1S/C28H60NO7P/c1-5-6-7-8-9-10-11-12-13-14-15-16-17-18-19-20-24-34-26-28(33-4)27-36-37(31,32)35-25-22-29(2,3)21-23-30/h28,30H,5-27H2,1-4H3. The molecule has 2 unspecified atom stereocenters. The van der Waals surface area contributed by atoms with Gasteiger partial charge >= 0.3 is 0 Å². The van der Waals surface area contributed by atoms with E-state index in [9.17, 15) is 9.46 Å². The van der Waals surface area contributed by atoms with Crippen LogP contribution in [0.1, 0.15) is 110 Å². The number of hydrogen-bond acceptors (Lipinski definition) is 7. The third-order valence-corrected chi connectivity index (χ3v) is 7.81. The number of likely N-dealkylation sites (N-methyl/N-ethyl adjacent to an activating group) is 1. The lowest BCUT2D eigenvalue weighted by Gasteiger charge is -2.30. The van der Waals surface area contributed by atoms with Gasteiger partial charge in [-0.15, -0.1) is 0 Å². The molecule has 0 heterocycles. The number of methoxy groups -OCH3 is 1. The molecule has 0 aromatic heterocycles. The lowest BCUT2D eigenvalue weighted by molar-refractivity contribution is -0.890. The maximum Gasteiger partial charge on any atom is 0.268 e. The third kappa shape index (κ3) is 26.0. The van der Waals surface area contributed by atoms with Gasteiger partial charge in [-0.1, -0.05) is 103 Å². The predicted molar refractivity (Wildman–Crippen MR) is 150 cm³/mol. The van der Waals surface area contributed by atoms with Gasteiger partial charge in [-0.2, -0.15) is 0 Å². The van der Waals surface area contributed by atoms with Crippen LogP contribution < -0.4 is 4.89 Å². The van der Waals surface area contributed by atoms with Crippen LogP contribution >= 0.6 is 7.82 Å². The number of ether oxygens (including phenoxy) is 2. The number of quaternary nitrogens is 1. The number of aliphatic hydroxyl groups is 1. The van der Waals surface area contributed by atoms with Crippen molar-refractivity contribution in [3.05, 3.63) is 0 Å². The molecule has 0 saturated carbocycles. The molecule has 37 heavy (non-hydrogen) atoms. The molecule has 0 fully saturated rings. The molecule has 0 bridgehead atoms. The summed E-state index contributed by atoms with van der Waals surface area (Å²) in [5.41, 5.74) is 0. The van der Waals surface area contributed by atoms with E-state index >= 15 is 0 Å². The zero-order valence-corrected chi connectivity index (χ0v) is 25.5. The highest BCUT2D eigenvalue weighted by molar-refractivity contribution is 7.45. The van der Waals surface area contributed by atoms with Gasteiger partial charge in [0, 0.05) is 13.7 Å². The smallest absolute Gasteiger partial charge is 0.268 e. The van der Waals surface area contributed by atoms with E-state index in [2.05, 4.69) is 6.92 Å². The lowest BCUT2D eigenvalue weighted by Crippen LogP contribution is -2.44. The Morgan fingerprint density at radius 1 is 0.730 bits per heavy atom. The van der Waals surface area contributed by atoms with E-state index in [4.69, 9.17) is 23.6 Å². The van der Waals surface area contributed by atoms with Gasteiger partial charge in [0.15, 0.2) is 0 Å². The minimum Gasteiger partial charge on any atom is -0.756 e. The first-order valence-corrected chi connectivity index (χ1v) is 16.4. The van der Waals surface area contributed by atoms with E-state index in [1.54, 1.807) is 0 Å². The van der Waals surface area contributed by atoms with Gasteiger partial charge < -0.3 is 33.0 Å². The summed E-state index contributed by atoms with van der Waals surface area (Å²) in [4.78, 5) is 12.0. The fourth-order valence-corrected chi connectivity index (χ4v) is 4.87. The zero-order chi connectivity index (χ0) is 27.7. The lowest BCUT2D eigenvalue weighted by atomic mass is 10.0. The van der Waals surface area contributed by atoms with Crippen LogP contribution in [0.3, 0.4) is 0 Å². The SMILES string of the molecule is CCCCCCCCCCCCCCCCCCOCC(COP(=O)([O-])OCC[N+](C)(C)CCO)OC.